The number of benzene rings is 1. The van der Waals surface area contributed by atoms with Gasteiger partial charge in [-0.3, -0.25) is 0 Å². The van der Waals surface area contributed by atoms with Crippen molar-refractivity contribution in [3.63, 3.8) is 0 Å². The van der Waals surface area contributed by atoms with E-state index in [1.54, 1.807) is 0 Å². The summed E-state index contributed by atoms with van der Waals surface area (Å²) in [5.74, 6) is 1.63. The summed E-state index contributed by atoms with van der Waals surface area (Å²) in [6.45, 7) is 3.26. The molecule has 3 nitrogen and oxygen atoms in total. The van der Waals surface area contributed by atoms with Gasteiger partial charge in [-0.15, -0.1) is 0 Å². The number of aliphatic hydroxyl groups is 1. The van der Waals surface area contributed by atoms with Crippen LogP contribution in [0.2, 0.25) is 5.02 Å². The molecule has 3 atom stereocenters. The summed E-state index contributed by atoms with van der Waals surface area (Å²) in [6, 6.07) is 5.80. The molecular weight excluding hydrogens is 286 g/mol. The van der Waals surface area contributed by atoms with Gasteiger partial charge in [0.15, 0.2) is 0 Å². The second-order valence-electron chi connectivity index (χ2n) is 6.72. The highest BCUT2D eigenvalue weighted by Crippen LogP contribution is 2.34. The molecular formula is C17H24ClNO2. The van der Waals surface area contributed by atoms with Gasteiger partial charge >= 0.3 is 0 Å². The van der Waals surface area contributed by atoms with Crippen molar-refractivity contribution in [2.45, 2.75) is 50.7 Å². The molecule has 1 heterocycles. The van der Waals surface area contributed by atoms with E-state index in [0.29, 0.717) is 5.92 Å². The molecule has 4 heteroatoms. The first-order valence-corrected chi connectivity index (χ1v) is 8.29. The lowest BCUT2D eigenvalue weighted by Gasteiger charge is -2.40. The summed E-state index contributed by atoms with van der Waals surface area (Å²) in [7, 11) is 0. The van der Waals surface area contributed by atoms with E-state index in [9.17, 15) is 5.11 Å². The summed E-state index contributed by atoms with van der Waals surface area (Å²) >= 11 is 6.03. The van der Waals surface area contributed by atoms with Gasteiger partial charge in [-0.2, -0.15) is 0 Å². The second kappa shape index (κ2) is 6.15. The molecule has 2 aliphatic rings. The smallest absolute Gasteiger partial charge is 0.123 e. The van der Waals surface area contributed by atoms with E-state index in [4.69, 9.17) is 16.3 Å². The average Bonchev–Trinajstić information content (AvgIpc) is 2.87. The molecule has 0 amide bonds. The minimum atomic E-state index is -0.118. The zero-order valence-corrected chi connectivity index (χ0v) is 13.3. The highest BCUT2D eigenvalue weighted by molar-refractivity contribution is 6.30. The lowest BCUT2D eigenvalue weighted by molar-refractivity contribution is 0.0874. The zero-order chi connectivity index (χ0) is 14.9. The number of fused-ring (bicyclic) bond motifs is 1. The van der Waals surface area contributed by atoms with E-state index in [0.717, 1.165) is 36.6 Å². The molecule has 1 saturated carbocycles. The number of aliphatic hydroxyl groups excluding tert-OH is 1. The van der Waals surface area contributed by atoms with Gasteiger partial charge < -0.3 is 15.2 Å². The fourth-order valence-electron chi connectivity index (χ4n) is 3.75. The predicted molar refractivity (Wildman–Crippen MR) is 85.0 cm³/mol. The summed E-state index contributed by atoms with van der Waals surface area (Å²) in [5.41, 5.74) is 1.07. The van der Waals surface area contributed by atoms with Crippen LogP contribution in [0.3, 0.4) is 0 Å². The van der Waals surface area contributed by atoms with Crippen LogP contribution in [0.4, 0.5) is 0 Å². The second-order valence-corrected chi connectivity index (χ2v) is 7.15. The van der Waals surface area contributed by atoms with Gasteiger partial charge in [0.25, 0.3) is 0 Å². The van der Waals surface area contributed by atoms with Gasteiger partial charge in [0, 0.05) is 23.5 Å². The Labute approximate surface area is 131 Å². The third-order valence-corrected chi connectivity index (χ3v) is 5.10. The molecule has 0 radical (unpaired) electrons. The third kappa shape index (κ3) is 3.36. The van der Waals surface area contributed by atoms with E-state index < -0.39 is 0 Å². The molecule has 1 aliphatic heterocycles. The van der Waals surface area contributed by atoms with E-state index in [2.05, 4.69) is 12.2 Å². The first kappa shape index (κ1) is 15.1. The van der Waals surface area contributed by atoms with Crippen LogP contribution in [0.5, 0.6) is 5.75 Å². The number of halogens is 1. The molecule has 0 saturated heterocycles. The van der Waals surface area contributed by atoms with Crippen molar-refractivity contribution in [3.05, 3.63) is 28.8 Å². The highest BCUT2D eigenvalue weighted by Gasteiger charge is 2.35. The molecule has 21 heavy (non-hydrogen) atoms. The van der Waals surface area contributed by atoms with Crippen LogP contribution in [0.15, 0.2) is 18.2 Å². The maximum Gasteiger partial charge on any atom is 0.123 e. The van der Waals surface area contributed by atoms with Gasteiger partial charge in [-0.25, -0.2) is 0 Å². The average molecular weight is 310 g/mol. The van der Waals surface area contributed by atoms with Crippen molar-refractivity contribution in [3.8, 4) is 5.75 Å². The molecule has 3 rings (SSSR count). The fraction of sp³-hybridized carbons (Fsp3) is 0.647. The fourth-order valence-corrected chi connectivity index (χ4v) is 3.95. The van der Waals surface area contributed by atoms with Crippen LogP contribution < -0.4 is 10.1 Å². The van der Waals surface area contributed by atoms with Crippen LogP contribution >= 0.6 is 11.6 Å². The quantitative estimate of drug-likeness (QED) is 0.897. The first-order chi connectivity index (χ1) is 10.1. The summed E-state index contributed by atoms with van der Waals surface area (Å²) in [5, 5.41) is 14.2. The topological polar surface area (TPSA) is 41.5 Å². The molecule has 0 aromatic heterocycles. The Hall–Kier alpha value is -0.770. The van der Waals surface area contributed by atoms with Crippen LogP contribution in [0, 0.1) is 5.92 Å². The maximum absolute atomic E-state index is 9.82. The normalized spacial score (nSPS) is 31.8. The zero-order valence-electron chi connectivity index (χ0n) is 12.6. The lowest BCUT2D eigenvalue weighted by atomic mass is 9.77. The highest BCUT2D eigenvalue weighted by atomic mass is 35.5. The molecule has 1 fully saturated rings. The lowest BCUT2D eigenvalue weighted by Crippen LogP contribution is -2.54. The van der Waals surface area contributed by atoms with Crippen molar-refractivity contribution in [1.82, 2.24) is 5.32 Å². The molecule has 0 spiro atoms. The van der Waals surface area contributed by atoms with Gasteiger partial charge in [-0.05, 0) is 42.5 Å². The Bertz CT molecular complexity index is 508. The van der Waals surface area contributed by atoms with E-state index in [1.165, 1.54) is 18.4 Å². The Morgan fingerprint density at radius 1 is 1.48 bits per heavy atom. The van der Waals surface area contributed by atoms with Crippen molar-refractivity contribution < 1.29 is 9.84 Å². The third-order valence-electron chi connectivity index (χ3n) is 4.86. The summed E-state index contributed by atoms with van der Waals surface area (Å²) in [4.78, 5) is 0. The van der Waals surface area contributed by atoms with Crippen LogP contribution in [0.1, 0.15) is 38.2 Å². The van der Waals surface area contributed by atoms with Gasteiger partial charge in [-0.1, -0.05) is 31.4 Å². The van der Waals surface area contributed by atoms with E-state index >= 15 is 0 Å². The van der Waals surface area contributed by atoms with Crippen molar-refractivity contribution >= 4 is 11.6 Å². The summed E-state index contributed by atoms with van der Waals surface area (Å²) in [6.07, 6.45) is 5.59. The number of ether oxygens (including phenoxy) is 1. The molecule has 0 bridgehead atoms. The van der Waals surface area contributed by atoms with Gasteiger partial charge in [0.2, 0.25) is 0 Å². The molecule has 2 N–H and O–H groups in total. The SMILES string of the molecule is CC1CCCC(CO)(NCC2Cc3cc(Cl)ccc3O2)C1. The van der Waals surface area contributed by atoms with Crippen LogP contribution in [-0.4, -0.2) is 29.9 Å². The minimum Gasteiger partial charge on any atom is -0.488 e. The molecule has 1 aromatic carbocycles. The molecule has 1 aromatic rings. The monoisotopic (exact) mass is 309 g/mol. The van der Waals surface area contributed by atoms with Crippen molar-refractivity contribution in [2.75, 3.05) is 13.2 Å². The van der Waals surface area contributed by atoms with Crippen LogP contribution in [0.25, 0.3) is 0 Å². The predicted octanol–water partition coefficient (Wildman–Crippen LogP) is 3.17. The van der Waals surface area contributed by atoms with Crippen LogP contribution in [-0.2, 0) is 6.42 Å². The summed E-state index contributed by atoms with van der Waals surface area (Å²) < 4.78 is 5.97. The minimum absolute atomic E-state index is 0.118. The molecule has 1 aliphatic carbocycles. The Balaban J connectivity index is 1.58. The van der Waals surface area contributed by atoms with Gasteiger partial charge in [0.05, 0.1) is 6.61 Å². The number of nitrogens with one attached hydrogen (secondary N) is 1. The van der Waals surface area contributed by atoms with E-state index in [-0.39, 0.29) is 18.2 Å². The number of hydrogen-bond acceptors (Lipinski definition) is 3. The van der Waals surface area contributed by atoms with Crippen molar-refractivity contribution in [2.24, 2.45) is 5.92 Å². The standard InChI is InChI=1S/C17H24ClNO2/c1-12-3-2-6-17(9-12,11-20)19-10-15-8-13-7-14(18)4-5-16(13)21-15/h4-5,7,12,15,19-20H,2-3,6,8-11H2,1H3. The Morgan fingerprint density at radius 3 is 3.10 bits per heavy atom. The Morgan fingerprint density at radius 2 is 2.33 bits per heavy atom. The molecule has 116 valence electrons. The largest absolute Gasteiger partial charge is 0.488 e. The van der Waals surface area contributed by atoms with Crippen molar-refractivity contribution in [1.29, 1.82) is 0 Å². The number of hydrogen-bond donors (Lipinski definition) is 2. The Kier molecular flexibility index (Phi) is 4.43. The maximum atomic E-state index is 9.82. The number of rotatable bonds is 4. The first-order valence-electron chi connectivity index (χ1n) is 7.91. The van der Waals surface area contributed by atoms with Gasteiger partial charge in [0.1, 0.15) is 11.9 Å². The molecule has 3 unspecified atom stereocenters. The van der Waals surface area contributed by atoms with E-state index in [1.807, 2.05) is 18.2 Å².